The van der Waals surface area contributed by atoms with Crippen molar-refractivity contribution >= 4 is 22.8 Å². The molecule has 0 unspecified atom stereocenters. The summed E-state index contributed by atoms with van der Waals surface area (Å²) in [5.74, 6) is 0. The smallest absolute Gasteiger partial charge is 0.410 e. The van der Waals surface area contributed by atoms with Crippen LogP contribution in [-0.4, -0.2) is 52.3 Å². The van der Waals surface area contributed by atoms with Gasteiger partial charge in [-0.05, 0) is 32.9 Å². The molecule has 2 aromatic rings. The largest absolute Gasteiger partial charge is 0.444 e. The fourth-order valence-corrected chi connectivity index (χ4v) is 3.09. The number of nitrogens with zero attached hydrogens (tertiary/aromatic N) is 4. The van der Waals surface area contributed by atoms with Crippen LogP contribution in [0.15, 0.2) is 18.3 Å². The van der Waals surface area contributed by atoms with Gasteiger partial charge in [0.15, 0.2) is 0 Å². The van der Waals surface area contributed by atoms with Crippen molar-refractivity contribution in [3.63, 3.8) is 0 Å². The minimum atomic E-state index is -0.470. The second-order valence-electron chi connectivity index (χ2n) is 7.44. The topological polar surface area (TPSA) is 76.6 Å². The van der Waals surface area contributed by atoms with Crippen LogP contribution in [0.1, 0.15) is 40.3 Å². The van der Waals surface area contributed by atoms with Crippen LogP contribution in [0, 0.1) is 0 Å². The van der Waals surface area contributed by atoms with Gasteiger partial charge in [0.05, 0.1) is 22.4 Å². The molecular formula is C20H33N5O2. The van der Waals surface area contributed by atoms with Crippen LogP contribution in [0.4, 0.5) is 10.5 Å². The number of anilines is 1. The molecule has 1 fully saturated rings. The lowest BCUT2D eigenvalue weighted by Gasteiger charge is -2.37. The third kappa shape index (κ3) is 4.91. The summed E-state index contributed by atoms with van der Waals surface area (Å²) in [5, 5.41) is 0. The first-order valence-corrected chi connectivity index (χ1v) is 9.66. The van der Waals surface area contributed by atoms with Crippen molar-refractivity contribution in [2.75, 3.05) is 31.1 Å². The van der Waals surface area contributed by atoms with Crippen molar-refractivity contribution in [3.05, 3.63) is 24.0 Å². The Kier molecular flexibility index (Phi) is 6.70. The molecule has 2 aromatic heterocycles. The van der Waals surface area contributed by atoms with Gasteiger partial charge in [-0.15, -0.1) is 0 Å². The highest BCUT2D eigenvalue weighted by molar-refractivity contribution is 5.81. The van der Waals surface area contributed by atoms with Crippen molar-refractivity contribution < 1.29 is 9.53 Å². The molecule has 150 valence electrons. The van der Waals surface area contributed by atoms with Gasteiger partial charge in [-0.2, -0.15) is 0 Å². The first kappa shape index (κ1) is 21.0. The Morgan fingerprint density at radius 1 is 1.22 bits per heavy atom. The number of hydrogen-bond acceptors (Lipinski definition) is 5. The molecule has 7 heteroatoms. The number of aromatic nitrogens is 2. The number of fused-ring (bicyclic) bond motifs is 1. The fourth-order valence-electron chi connectivity index (χ4n) is 3.09. The zero-order valence-corrected chi connectivity index (χ0v) is 17.5. The summed E-state index contributed by atoms with van der Waals surface area (Å²) in [4.78, 5) is 20.9. The first-order chi connectivity index (χ1) is 12.8. The fraction of sp³-hybridized carbons (Fsp3) is 0.600. The molecule has 1 aliphatic heterocycles. The monoisotopic (exact) mass is 375 g/mol. The minimum Gasteiger partial charge on any atom is -0.444 e. The number of piperazine rings is 1. The second-order valence-corrected chi connectivity index (χ2v) is 7.44. The number of aryl methyl sites for hydroxylation is 1. The molecule has 0 atom stereocenters. The lowest BCUT2D eigenvalue weighted by atomic mass is 10.2. The number of pyridine rings is 1. The summed E-state index contributed by atoms with van der Waals surface area (Å²) in [6, 6.07) is 4.15. The molecule has 3 heterocycles. The average molecular weight is 376 g/mol. The van der Waals surface area contributed by atoms with Gasteiger partial charge < -0.3 is 24.8 Å². The molecule has 1 amide bonds. The van der Waals surface area contributed by atoms with Crippen LogP contribution in [0.2, 0.25) is 0 Å². The number of hydrogen-bond donors (Lipinski definition) is 1. The molecule has 0 radical (unpaired) electrons. The van der Waals surface area contributed by atoms with Crippen molar-refractivity contribution in [1.29, 1.82) is 0 Å². The number of amides is 1. The highest BCUT2D eigenvalue weighted by Gasteiger charge is 2.27. The third-order valence-corrected chi connectivity index (χ3v) is 4.39. The van der Waals surface area contributed by atoms with E-state index in [2.05, 4.69) is 15.5 Å². The van der Waals surface area contributed by atoms with Gasteiger partial charge in [0.25, 0.3) is 0 Å². The van der Waals surface area contributed by atoms with Crippen molar-refractivity contribution in [2.24, 2.45) is 12.8 Å². The second kappa shape index (κ2) is 8.61. The number of carbonyl (C=O) groups is 1. The Morgan fingerprint density at radius 3 is 2.41 bits per heavy atom. The van der Waals surface area contributed by atoms with E-state index in [9.17, 15) is 4.79 Å². The molecule has 7 nitrogen and oxygen atoms in total. The molecule has 0 saturated carbocycles. The summed E-state index contributed by atoms with van der Waals surface area (Å²) < 4.78 is 7.52. The van der Waals surface area contributed by atoms with E-state index in [1.165, 1.54) is 0 Å². The van der Waals surface area contributed by atoms with E-state index in [1.54, 1.807) is 4.90 Å². The van der Waals surface area contributed by atoms with Gasteiger partial charge in [-0.25, -0.2) is 9.78 Å². The average Bonchev–Trinajstić information content (AvgIpc) is 3.01. The maximum absolute atomic E-state index is 12.2. The highest BCUT2D eigenvalue weighted by Crippen LogP contribution is 2.26. The van der Waals surface area contributed by atoms with Crippen LogP contribution in [0.25, 0.3) is 11.0 Å². The molecule has 0 bridgehead atoms. The highest BCUT2D eigenvalue weighted by atomic mass is 16.6. The Hall–Kier alpha value is -2.28. The van der Waals surface area contributed by atoms with E-state index < -0.39 is 5.60 Å². The Balaban J connectivity index is 0.00000126. The van der Waals surface area contributed by atoms with E-state index in [1.807, 2.05) is 53.9 Å². The lowest BCUT2D eigenvalue weighted by Crippen LogP contribution is -2.50. The number of carbonyl (C=O) groups excluding carboxylic acids is 1. The molecule has 0 aliphatic carbocycles. The van der Waals surface area contributed by atoms with Crippen LogP contribution in [-0.2, 0) is 18.3 Å². The molecule has 3 rings (SSSR count). The molecule has 0 spiro atoms. The van der Waals surface area contributed by atoms with Crippen LogP contribution in [0.3, 0.4) is 0 Å². The summed E-state index contributed by atoms with van der Waals surface area (Å²) in [5.41, 5.74) is 9.44. The summed E-state index contributed by atoms with van der Waals surface area (Å²) >= 11 is 0. The maximum atomic E-state index is 12.2. The van der Waals surface area contributed by atoms with Crippen LogP contribution in [0.5, 0.6) is 0 Å². The minimum absolute atomic E-state index is 0.248. The van der Waals surface area contributed by atoms with E-state index in [4.69, 9.17) is 15.5 Å². The van der Waals surface area contributed by atoms with Gasteiger partial charge in [0.1, 0.15) is 5.60 Å². The Labute approximate surface area is 162 Å². The molecular weight excluding hydrogens is 342 g/mol. The van der Waals surface area contributed by atoms with E-state index in [-0.39, 0.29) is 6.09 Å². The molecule has 1 saturated heterocycles. The summed E-state index contributed by atoms with van der Waals surface area (Å²) in [7, 11) is 2.01. The zero-order valence-electron chi connectivity index (χ0n) is 17.5. The van der Waals surface area contributed by atoms with E-state index >= 15 is 0 Å². The SMILES string of the molecule is CC.Cn1ccc2nc(CN)c(N3CCN(C(=O)OC(C)(C)C)CC3)cc21. The molecule has 2 N–H and O–H groups in total. The number of nitrogens with two attached hydrogens (primary N) is 1. The number of rotatable bonds is 2. The van der Waals surface area contributed by atoms with Gasteiger partial charge in [0, 0.05) is 46.0 Å². The summed E-state index contributed by atoms with van der Waals surface area (Å²) in [6.07, 6.45) is 1.75. The zero-order chi connectivity index (χ0) is 20.2. The van der Waals surface area contributed by atoms with Gasteiger partial charge >= 0.3 is 6.09 Å². The van der Waals surface area contributed by atoms with Crippen LogP contribution >= 0.6 is 0 Å². The van der Waals surface area contributed by atoms with E-state index in [0.717, 1.165) is 35.5 Å². The molecule has 1 aliphatic rings. The van der Waals surface area contributed by atoms with Gasteiger partial charge in [-0.3, -0.25) is 0 Å². The molecule has 27 heavy (non-hydrogen) atoms. The van der Waals surface area contributed by atoms with Crippen molar-refractivity contribution in [3.8, 4) is 0 Å². The third-order valence-electron chi connectivity index (χ3n) is 4.39. The van der Waals surface area contributed by atoms with Gasteiger partial charge in [-0.1, -0.05) is 13.8 Å². The van der Waals surface area contributed by atoms with Crippen LogP contribution < -0.4 is 10.6 Å². The van der Waals surface area contributed by atoms with Crippen molar-refractivity contribution in [2.45, 2.75) is 46.8 Å². The Morgan fingerprint density at radius 2 is 1.85 bits per heavy atom. The quantitative estimate of drug-likeness (QED) is 0.873. The molecule has 0 aromatic carbocycles. The summed E-state index contributed by atoms with van der Waals surface area (Å²) in [6.45, 7) is 12.8. The predicted octanol–water partition coefficient (Wildman–Crippen LogP) is 3.12. The number of ether oxygens (including phenoxy) is 1. The first-order valence-electron chi connectivity index (χ1n) is 9.66. The van der Waals surface area contributed by atoms with Crippen molar-refractivity contribution in [1.82, 2.24) is 14.5 Å². The lowest BCUT2D eigenvalue weighted by molar-refractivity contribution is 0.0240. The van der Waals surface area contributed by atoms with E-state index in [0.29, 0.717) is 19.6 Å². The van der Waals surface area contributed by atoms with Gasteiger partial charge in [0.2, 0.25) is 0 Å². The standard InChI is InChI=1S/C18H27N5O2.C2H6/c1-18(2,3)25-17(24)23-9-7-22(8-10-23)16-11-15-13(5-6-21(15)4)20-14(16)12-19;1-2/h5-6,11H,7-10,12,19H2,1-4H3;1-2H3. The normalized spacial score (nSPS) is 14.8. The Bertz CT molecular complexity index is 771. The maximum Gasteiger partial charge on any atom is 0.410 e. The predicted molar refractivity (Wildman–Crippen MR) is 110 cm³/mol.